The highest BCUT2D eigenvalue weighted by molar-refractivity contribution is 6.04. The Labute approximate surface area is 164 Å². The monoisotopic (exact) mass is 414 g/mol. The number of carbonyl (C=O) groups excluding carboxylic acids is 2. The van der Waals surface area contributed by atoms with Crippen LogP contribution in [0.25, 0.3) is 0 Å². The van der Waals surface area contributed by atoms with Crippen LogP contribution >= 0.6 is 0 Å². The predicted octanol–water partition coefficient (Wildman–Crippen LogP) is 4.75. The summed E-state index contributed by atoms with van der Waals surface area (Å²) in [6.07, 6.45) is 0.355. The van der Waals surface area contributed by atoms with E-state index in [0.717, 1.165) is 18.2 Å². The smallest absolute Gasteiger partial charge is 0.346 e. The maximum absolute atomic E-state index is 14.6. The Kier molecular flexibility index (Phi) is 6.30. The van der Waals surface area contributed by atoms with Crippen LogP contribution in [0.3, 0.4) is 0 Å². The molecular weight excluding hydrogens is 395 g/mol. The first kappa shape index (κ1) is 22.3. The molecule has 0 saturated heterocycles. The number of nitrogens with one attached hydrogen (secondary N) is 2. The summed E-state index contributed by atoms with van der Waals surface area (Å²) in [5.41, 5.74) is -2.75. The van der Waals surface area contributed by atoms with Gasteiger partial charge in [-0.25, -0.2) is 13.2 Å². The number of carbonyl (C=O) groups is 2. The van der Waals surface area contributed by atoms with Crippen molar-refractivity contribution in [2.75, 3.05) is 5.32 Å². The molecular formula is C20H19F5N2O2. The number of hydrogen-bond donors (Lipinski definition) is 2. The largest absolute Gasteiger partial charge is 0.352 e. The topological polar surface area (TPSA) is 58.2 Å². The Hall–Kier alpha value is -2.97. The SMILES string of the molecule is CCC(C)(C)NC(=O)C(F)(F)c1cc(C(=O)Nc2ccc(F)c(F)c2)ccc1F. The molecule has 0 aliphatic rings. The van der Waals surface area contributed by atoms with E-state index >= 15 is 0 Å². The Morgan fingerprint density at radius 2 is 1.55 bits per heavy atom. The van der Waals surface area contributed by atoms with E-state index in [1.807, 2.05) is 0 Å². The summed E-state index contributed by atoms with van der Waals surface area (Å²) in [5, 5.41) is 4.33. The fraction of sp³-hybridized carbons (Fsp3) is 0.300. The molecule has 29 heavy (non-hydrogen) atoms. The lowest BCUT2D eigenvalue weighted by molar-refractivity contribution is -0.149. The maximum Gasteiger partial charge on any atom is 0.352 e. The van der Waals surface area contributed by atoms with Gasteiger partial charge in [0.25, 0.3) is 11.8 Å². The van der Waals surface area contributed by atoms with E-state index in [4.69, 9.17) is 0 Å². The van der Waals surface area contributed by atoms with Gasteiger partial charge >= 0.3 is 5.92 Å². The molecule has 0 fully saturated rings. The van der Waals surface area contributed by atoms with Crippen LogP contribution in [-0.4, -0.2) is 17.4 Å². The summed E-state index contributed by atoms with van der Waals surface area (Å²) < 4.78 is 69.4. The first-order chi connectivity index (χ1) is 13.4. The van der Waals surface area contributed by atoms with E-state index in [2.05, 4.69) is 10.6 Å². The second-order valence-electron chi connectivity index (χ2n) is 7.04. The third kappa shape index (κ3) is 5.10. The van der Waals surface area contributed by atoms with Crippen LogP contribution in [0.1, 0.15) is 43.1 Å². The van der Waals surface area contributed by atoms with E-state index in [0.29, 0.717) is 24.6 Å². The van der Waals surface area contributed by atoms with Crippen LogP contribution in [0.5, 0.6) is 0 Å². The molecule has 0 saturated carbocycles. The third-order valence-corrected chi connectivity index (χ3v) is 4.37. The maximum atomic E-state index is 14.6. The Bertz CT molecular complexity index is 944. The van der Waals surface area contributed by atoms with Crippen molar-refractivity contribution in [3.8, 4) is 0 Å². The third-order valence-electron chi connectivity index (χ3n) is 4.37. The molecule has 156 valence electrons. The number of benzene rings is 2. The lowest BCUT2D eigenvalue weighted by Gasteiger charge is -2.27. The minimum absolute atomic E-state index is 0.131. The van der Waals surface area contributed by atoms with E-state index in [1.54, 1.807) is 6.92 Å². The van der Waals surface area contributed by atoms with Gasteiger partial charge in [-0.1, -0.05) is 6.92 Å². The van der Waals surface area contributed by atoms with Crippen molar-refractivity contribution in [1.29, 1.82) is 0 Å². The van der Waals surface area contributed by atoms with Gasteiger partial charge in [-0.3, -0.25) is 9.59 Å². The van der Waals surface area contributed by atoms with E-state index in [9.17, 15) is 31.5 Å². The Morgan fingerprint density at radius 3 is 2.14 bits per heavy atom. The zero-order chi connectivity index (χ0) is 22.0. The van der Waals surface area contributed by atoms with Gasteiger partial charge in [-0.2, -0.15) is 8.78 Å². The van der Waals surface area contributed by atoms with Crippen LogP contribution in [-0.2, 0) is 10.7 Å². The first-order valence-electron chi connectivity index (χ1n) is 8.64. The van der Waals surface area contributed by atoms with Crippen molar-refractivity contribution in [1.82, 2.24) is 5.32 Å². The summed E-state index contributed by atoms with van der Waals surface area (Å²) in [6.45, 7) is 4.74. The molecule has 0 spiro atoms. The minimum atomic E-state index is -4.24. The molecule has 0 atom stereocenters. The lowest BCUT2D eigenvalue weighted by Crippen LogP contribution is -2.49. The number of amides is 2. The van der Waals surface area contributed by atoms with E-state index < -0.39 is 51.9 Å². The van der Waals surface area contributed by atoms with Gasteiger partial charge in [0.1, 0.15) is 5.82 Å². The van der Waals surface area contributed by atoms with Gasteiger partial charge in [0.05, 0.1) is 5.56 Å². The molecule has 0 aliphatic carbocycles. The quantitative estimate of drug-likeness (QED) is 0.670. The van der Waals surface area contributed by atoms with Crippen molar-refractivity contribution in [2.45, 2.75) is 38.7 Å². The van der Waals surface area contributed by atoms with Crippen LogP contribution in [0.2, 0.25) is 0 Å². The summed E-state index contributed by atoms with van der Waals surface area (Å²) in [7, 11) is 0. The number of halogens is 5. The molecule has 2 aromatic rings. The van der Waals surface area contributed by atoms with Gasteiger partial charge in [-0.15, -0.1) is 0 Å². The average molecular weight is 414 g/mol. The highest BCUT2D eigenvalue weighted by atomic mass is 19.3. The van der Waals surface area contributed by atoms with Crippen molar-refractivity contribution < 1.29 is 31.5 Å². The van der Waals surface area contributed by atoms with Crippen molar-refractivity contribution in [2.24, 2.45) is 0 Å². The van der Waals surface area contributed by atoms with Gasteiger partial charge in [0.15, 0.2) is 11.6 Å². The number of rotatable bonds is 6. The van der Waals surface area contributed by atoms with Gasteiger partial charge in [0, 0.05) is 22.9 Å². The van der Waals surface area contributed by atoms with Crippen LogP contribution in [0, 0.1) is 17.5 Å². The molecule has 0 heterocycles. The molecule has 2 aromatic carbocycles. The Morgan fingerprint density at radius 1 is 0.931 bits per heavy atom. The molecule has 0 aliphatic heterocycles. The number of hydrogen-bond acceptors (Lipinski definition) is 2. The van der Waals surface area contributed by atoms with Gasteiger partial charge in [-0.05, 0) is 50.6 Å². The summed E-state index contributed by atoms with van der Waals surface area (Å²) in [5.74, 6) is -10.6. The fourth-order valence-electron chi connectivity index (χ4n) is 2.28. The molecule has 4 nitrogen and oxygen atoms in total. The minimum Gasteiger partial charge on any atom is -0.346 e. The fourth-order valence-corrected chi connectivity index (χ4v) is 2.28. The highest BCUT2D eigenvalue weighted by Gasteiger charge is 2.45. The predicted molar refractivity (Wildman–Crippen MR) is 97.1 cm³/mol. The van der Waals surface area contributed by atoms with Crippen LogP contribution in [0.15, 0.2) is 36.4 Å². The zero-order valence-corrected chi connectivity index (χ0v) is 15.9. The zero-order valence-electron chi connectivity index (χ0n) is 15.9. The van der Waals surface area contributed by atoms with Gasteiger partial charge in [0.2, 0.25) is 0 Å². The molecule has 0 bridgehead atoms. The van der Waals surface area contributed by atoms with Crippen molar-refractivity contribution in [3.05, 3.63) is 65.0 Å². The normalized spacial score (nSPS) is 11.9. The molecule has 2 amide bonds. The van der Waals surface area contributed by atoms with E-state index in [-0.39, 0.29) is 5.69 Å². The summed E-state index contributed by atoms with van der Waals surface area (Å²) in [6, 6.07) is 4.64. The number of anilines is 1. The second-order valence-corrected chi connectivity index (χ2v) is 7.04. The molecule has 9 heteroatoms. The molecule has 2 rings (SSSR count). The summed E-state index contributed by atoms with van der Waals surface area (Å²) in [4.78, 5) is 24.3. The van der Waals surface area contributed by atoms with Crippen molar-refractivity contribution >= 4 is 17.5 Å². The van der Waals surface area contributed by atoms with Crippen LogP contribution < -0.4 is 10.6 Å². The van der Waals surface area contributed by atoms with E-state index in [1.165, 1.54) is 13.8 Å². The van der Waals surface area contributed by atoms with Crippen LogP contribution in [0.4, 0.5) is 27.6 Å². The Balaban J connectivity index is 2.31. The van der Waals surface area contributed by atoms with Crippen molar-refractivity contribution in [3.63, 3.8) is 0 Å². The second kappa shape index (κ2) is 8.18. The molecule has 0 radical (unpaired) electrons. The standard InChI is InChI=1S/C20H19F5N2O2/c1-4-19(2,3)27-18(29)20(24,25)13-9-11(5-7-14(13)21)17(28)26-12-6-8-15(22)16(23)10-12/h5-10H,4H2,1-3H3,(H,26,28)(H,27,29). The van der Waals surface area contributed by atoms with Gasteiger partial charge < -0.3 is 10.6 Å². The summed E-state index contributed by atoms with van der Waals surface area (Å²) >= 11 is 0. The highest BCUT2D eigenvalue weighted by Crippen LogP contribution is 2.32. The lowest BCUT2D eigenvalue weighted by atomic mass is 9.99. The molecule has 2 N–H and O–H groups in total. The number of alkyl halides is 2. The molecule has 0 aromatic heterocycles. The average Bonchev–Trinajstić information content (AvgIpc) is 2.64. The first-order valence-corrected chi connectivity index (χ1v) is 8.64. The molecule has 0 unspecified atom stereocenters.